The molecule has 0 bridgehead atoms. The Morgan fingerprint density at radius 3 is 2.25 bits per heavy atom. The number of benzene rings is 2. The molecule has 1 N–H and O–H groups in total. The van der Waals surface area contributed by atoms with Crippen molar-refractivity contribution in [1.29, 1.82) is 0 Å². The van der Waals surface area contributed by atoms with Crippen LogP contribution in [-0.2, 0) is 21.7 Å². The van der Waals surface area contributed by atoms with Crippen molar-refractivity contribution in [3.05, 3.63) is 65.7 Å². The van der Waals surface area contributed by atoms with Crippen LogP contribution in [0.2, 0.25) is 0 Å². The molecule has 0 aliphatic carbocycles. The first-order chi connectivity index (χ1) is 11.4. The van der Waals surface area contributed by atoms with E-state index in [0.29, 0.717) is 6.61 Å². The smallest absolute Gasteiger partial charge is 0.253 e. The summed E-state index contributed by atoms with van der Waals surface area (Å²) in [6.07, 6.45) is 0.145. The van der Waals surface area contributed by atoms with Crippen molar-refractivity contribution >= 4 is 5.91 Å². The Morgan fingerprint density at radius 2 is 1.67 bits per heavy atom. The lowest BCUT2D eigenvalue weighted by molar-refractivity contribution is -0.139. The third-order valence-corrected chi connectivity index (χ3v) is 3.76. The van der Waals surface area contributed by atoms with Gasteiger partial charge in [-0.25, -0.2) is 5.48 Å². The highest BCUT2D eigenvalue weighted by atomic mass is 16.6. The second-order valence-electron chi connectivity index (χ2n) is 6.52. The van der Waals surface area contributed by atoms with E-state index in [-0.39, 0.29) is 12.0 Å². The van der Waals surface area contributed by atoms with Crippen molar-refractivity contribution in [2.45, 2.75) is 45.8 Å². The van der Waals surface area contributed by atoms with Crippen LogP contribution in [0.5, 0.6) is 5.75 Å². The molecule has 0 saturated carbocycles. The summed E-state index contributed by atoms with van der Waals surface area (Å²) in [5.74, 6) is 0.649. The summed E-state index contributed by atoms with van der Waals surface area (Å²) in [4.78, 5) is 17.7. The van der Waals surface area contributed by atoms with Crippen LogP contribution in [-0.4, -0.2) is 12.0 Å². The SMILES string of the molecule is CC(C)Oc1ccc(CONC(=O)C(C)(C)c2ccccc2)cc1. The van der Waals surface area contributed by atoms with Gasteiger partial charge in [0.15, 0.2) is 0 Å². The Balaban J connectivity index is 1.86. The second-order valence-corrected chi connectivity index (χ2v) is 6.52. The van der Waals surface area contributed by atoms with Crippen molar-refractivity contribution in [2.24, 2.45) is 0 Å². The van der Waals surface area contributed by atoms with Crippen molar-refractivity contribution in [2.75, 3.05) is 0 Å². The molecule has 0 radical (unpaired) electrons. The van der Waals surface area contributed by atoms with E-state index in [1.807, 2.05) is 82.3 Å². The average molecular weight is 327 g/mol. The van der Waals surface area contributed by atoms with Crippen LogP contribution >= 0.6 is 0 Å². The molecule has 0 spiro atoms. The van der Waals surface area contributed by atoms with E-state index < -0.39 is 5.41 Å². The standard InChI is InChI=1S/C20H25NO3/c1-15(2)24-18-12-10-16(11-13-18)14-23-21-19(22)20(3,4)17-8-6-5-7-9-17/h5-13,15H,14H2,1-4H3,(H,21,22). The summed E-state index contributed by atoms with van der Waals surface area (Å²) in [6.45, 7) is 8.03. The Hall–Kier alpha value is -2.33. The third-order valence-electron chi connectivity index (χ3n) is 3.76. The van der Waals surface area contributed by atoms with Crippen molar-refractivity contribution < 1.29 is 14.4 Å². The van der Waals surface area contributed by atoms with E-state index in [2.05, 4.69) is 5.48 Å². The first-order valence-electron chi connectivity index (χ1n) is 8.13. The maximum absolute atomic E-state index is 12.4. The quantitative estimate of drug-likeness (QED) is 0.782. The molecule has 0 heterocycles. The van der Waals surface area contributed by atoms with Gasteiger partial charge >= 0.3 is 0 Å². The van der Waals surface area contributed by atoms with E-state index in [9.17, 15) is 4.79 Å². The van der Waals surface area contributed by atoms with E-state index in [1.54, 1.807) is 0 Å². The molecule has 0 saturated heterocycles. The number of hydrogen-bond acceptors (Lipinski definition) is 3. The zero-order valence-corrected chi connectivity index (χ0v) is 14.7. The third kappa shape index (κ3) is 4.83. The molecule has 0 atom stereocenters. The fourth-order valence-electron chi connectivity index (χ4n) is 2.23. The van der Waals surface area contributed by atoms with Gasteiger partial charge in [0.25, 0.3) is 5.91 Å². The van der Waals surface area contributed by atoms with E-state index in [0.717, 1.165) is 16.9 Å². The van der Waals surface area contributed by atoms with Gasteiger partial charge in [-0.2, -0.15) is 0 Å². The second kappa shape index (κ2) is 7.97. The topological polar surface area (TPSA) is 47.6 Å². The average Bonchev–Trinajstić information content (AvgIpc) is 2.56. The molecule has 2 aromatic carbocycles. The molecule has 1 amide bonds. The molecule has 4 nitrogen and oxygen atoms in total. The molecule has 0 aliphatic rings. The molecule has 128 valence electrons. The monoisotopic (exact) mass is 327 g/mol. The molecular formula is C20H25NO3. The zero-order chi connectivity index (χ0) is 17.6. The minimum atomic E-state index is -0.657. The normalized spacial score (nSPS) is 11.4. The lowest BCUT2D eigenvalue weighted by atomic mass is 9.84. The number of carbonyl (C=O) groups is 1. The van der Waals surface area contributed by atoms with Crippen LogP contribution in [0.1, 0.15) is 38.8 Å². The van der Waals surface area contributed by atoms with Gasteiger partial charge in [0.1, 0.15) is 5.75 Å². The van der Waals surface area contributed by atoms with Crippen molar-refractivity contribution in [3.8, 4) is 5.75 Å². The number of nitrogens with one attached hydrogen (secondary N) is 1. The fraction of sp³-hybridized carbons (Fsp3) is 0.350. The molecule has 24 heavy (non-hydrogen) atoms. The van der Waals surface area contributed by atoms with Crippen LogP contribution in [0, 0.1) is 0 Å². The molecule has 2 aromatic rings. The van der Waals surface area contributed by atoms with E-state index in [4.69, 9.17) is 9.57 Å². The van der Waals surface area contributed by atoms with Gasteiger partial charge in [-0.1, -0.05) is 42.5 Å². The van der Waals surface area contributed by atoms with Crippen molar-refractivity contribution in [1.82, 2.24) is 5.48 Å². The molecule has 0 unspecified atom stereocenters. The van der Waals surface area contributed by atoms with Crippen LogP contribution in [0.3, 0.4) is 0 Å². The van der Waals surface area contributed by atoms with E-state index >= 15 is 0 Å². The zero-order valence-electron chi connectivity index (χ0n) is 14.7. The number of hydroxylamine groups is 1. The highest BCUT2D eigenvalue weighted by Gasteiger charge is 2.29. The summed E-state index contributed by atoms with van der Waals surface area (Å²) in [5, 5.41) is 0. The minimum Gasteiger partial charge on any atom is -0.491 e. The molecule has 2 rings (SSSR count). The highest BCUT2D eigenvalue weighted by molar-refractivity contribution is 5.86. The predicted octanol–water partition coefficient (Wildman–Crippen LogP) is 4.00. The number of hydrogen-bond donors (Lipinski definition) is 1. The highest BCUT2D eigenvalue weighted by Crippen LogP contribution is 2.23. The summed E-state index contributed by atoms with van der Waals surface area (Å²) in [5.41, 5.74) is 3.80. The Labute approximate surface area is 143 Å². The van der Waals surface area contributed by atoms with Crippen LogP contribution in [0.15, 0.2) is 54.6 Å². The molecule has 4 heteroatoms. The number of ether oxygens (including phenoxy) is 1. The number of rotatable bonds is 7. The van der Waals surface area contributed by atoms with Crippen molar-refractivity contribution in [3.63, 3.8) is 0 Å². The maximum atomic E-state index is 12.4. The maximum Gasteiger partial charge on any atom is 0.253 e. The summed E-state index contributed by atoms with van der Waals surface area (Å²) >= 11 is 0. The molecule has 0 aliphatic heterocycles. The summed E-state index contributed by atoms with van der Waals surface area (Å²) < 4.78 is 5.59. The molecule has 0 fully saturated rings. The number of carbonyl (C=O) groups excluding carboxylic acids is 1. The van der Waals surface area contributed by atoms with Crippen LogP contribution in [0.25, 0.3) is 0 Å². The first kappa shape index (κ1) is 18.0. The fourth-order valence-corrected chi connectivity index (χ4v) is 2.23. The predicted molar refractivity (Wildman–Crippen MR) is 94.6 cm³/mol. The lowest BCUT2D eigenvalue weighted by Gasteiger charge is -2.23. The van der Waals surface area contributed by atoms with Gasteiger partial charge in [-0.15, -0.1) is 0 Å². The largest absolute Gasteiger partial charge is 0.491 e. The van der Waals surface area contributed by atoms with Gasteiger partial charge in [0, 0.05) is 0 Å². The van der Waals surface area contributed by atoms with Crippen LogP contribution in [0.4, 0.5) is 0 Å². The van der Waals surface area contributed by atoms with E-state index in [1.165, 1.54) is 0 Å². The number of amides is 1. The lowest BCUT2D eigenvalue weighted by Crippen LogP contribution is -2.39. The van der Waals surface area contributed by atoms with Gasteiger partial charge < -0.3 is 4.74 Å². The Kier molecular flexibility index (Phi) is 5.99. The van der Waals surface area contributed by atoms with Gasteiger partial charge in [-0.3, -0.25) is 9.63 Å². The minimum absolute atomic E-state index is 0.145. The van der Waals surface area contributed by atoms with Gasteiger partial charge in [0.2, 0.25) is 0 Å². The molecular weight excluding hydrogens is 302 g/mol. The Morgan fingerprint density at radius 1 is 1.04 bits per heavy atom. The van der Waals surface area contributed by atoms with Crippen LogP contribution < -0.4 is 10.2 Å². The van der Waals surface area contributed by atoms with Gasteiger partial charge in [-0.05, 0) is 51.0 Å². The first-order valence-corrected chi connectivity index (χ1v) is 8.13. The molecule has 0 aromatic heterocycles. The van der Waals surface area contributed by atoms with Gasteiger partial charge in [0.05, 0.1) is 18.1 Å². The summed E-state index contributed by atoms with van der Waals surface area (Å²) in [7, 11) is 0. The summed E-state index contributed by atoms with van der Waals surface area (Å²) in [6, 6.07) is 17.3. The Bertz CT molecular complexity index is 648.